The minimum absolute atomic E-state index is 0.304. The molecule has 0 spiro atoms. The van der Waals surface area contributed by atoms with Crippen LogP contribution in [-0.2, 0) is 47.7 Å². The van der Waals surface area contributed by atoms with Crippen molar-refractivity contribution in [3.05, 3.63) is 0 Å². The largest absolute Gasteiger partial charge is 0.464 e. The van der Waals surface area contributed by atoms with E-state index in [2.05, 4.69) is 0 Å². The Kier molecular flexibility index (Phi) is 10.5. The Labute approximate surface area is 173 Å². The Bertz CT molecular complexity index is 594. The van der Waals surface area contributed by atoms with Crippen molar-refractivity contribution in [2.24, 2.45) is 0 Å². The summed E-state index contributed by atoms with van der Waals surface area (Å²) in [5.74, 6) is -8.16. The standard InChI is InChI=1S/C18H28N2O10/c1-7-27-13(23)17(19-11(5)21,14(24)28-8-2)18(20-12(6)22,15(25)29-9-3)16(26)30-10-4/h7-10H2,1-6H3,(H,19,21)(H,20,22). The molecule has 2 N–H and O–H groups in total. The highest BCUT2D eigenvalue weighted by Gasteiger charge is 2.75. The first-order valence-electron chi connectivity index (χ1n) is 9.27. The number of carbonyl (C=O) groups is 6. The summed E-state index contributed by atoms with van der Waals surface area (Å²) in [6.07, 6.45) is 0. The van der Waals surface area contributed by atoms with E-state index in [4.69, 9.17) is 18.9 Å². The van der Waals surface area contributed by atoms with Gasteiger partial charge < -0.3 is 29.6 Å². The van der Waals surface area contributed by atoms with Crippen molar-refractivity contribution in [3.8, 4) is 0 Å². The number of amides is 2. The lowest BCUT2D eigenvalue weighted by Gasteiger charge is -2.42. The predicted molar refractivity (Wildman–Crippen MR) is 99.6 cm³/mol. The summed E-state index contributed by atoms with van der Waals surface area (Å²) in [7, 11) is 0. The van der Waals surface area contributed by atoms with E-state index < -0.39 is 46.8 Å². The maximum absolute atomic E-state index is 13.1. The lowest BCUT2D eigenvalue weighted by Crippen LogP contribution is -2.84. The van der Waals surface area contributed by atoms with Crippen molar-refractivity contribution in [2.45, 2.75) is 52.6 Å². The van der Waals surface area contributed by atoms with Crippen LogP contribution < -0.4 is 10.6 Å². The van der Waals surface area contributed by atoms with E-state index in [-0.39, 0.29) is 26.4 Å². The fraction of sp³-hybridized carbons (Fsp3) is 0.667. The number of hydrogen-bond donors (Lipinski definition) is 2. The topological polar surface area (TPSA) is 163 Å². The van der Waals surface area contributed by atoms with Crippen LogP contribution in [0.15, 0.2) is 0 Å². The molecule has 0 radical (unpaired) electrons. The Morgan fingerprint density at radius 1 is 0.533 bits per heavy atom. The fourth-order valence-corrected chi connectivity index (χ4v) is 2.66. The molecule has 0 aliphatic rings. The van der Waals surface area contributed by atoms with Crippen LogP contribution >= 0.6 is 0 Å². The van der Waals surface area contributed by atoms with Gasteiger partial charge in [0.2, 0.25) is 11.8 Å². The quantitative estimate of drug-likeness (QED) is 0.235. The van der Waals surface area contributed by atoms with Gasteiger partial charge in [0.1, 0.15) is 0 Å². The molecule has 30 heavy (non-hydrogen) atoms. The summed E-state index contributed by atoms with van der Waals surface area (Å²) in [6.45, 7) is 6.16. The molecule has 0 unspecified atom stereocenters. The molecule has 0 aromatic rings. The third kappa shape index (κ3) is 5.24. The Morgan fingerprint density at radius 2 is 0.733 bits per heavy atom. The predicted octanol–water partition coefficient (Wildman–Crippen LogP) is -1.01. The van der Waals surface area contributed by atoms with E-state index in [1.807, 2.05) is 10.6 Å². The van der Waals surface area contributed by atoms with Gasteiger partial charge in [-0.1, -0.05) is 0 Å². The molecule has 170 valence electrons. The molecule has 12 nitrogen and oxygen atoms in total. The lowest BCUT2D eigenvalue weighted by molar-refractivity contribution is -0.190. The zero-order valence-electron chi connectivity index (χ0n) is 17.9. The molecule has 0 fully saturated rings. The molecule has 0 heterocycles. The van der Waals surface area contributed by atoms with Gasteiger partial charge in [-0.25, -0.2) is 19.2 Å². The summed E-state index contributed by atoms with van der Waals surface area (Å²) >= 11 is 0. The zero-order valence-corrected chi connectivity index (χ0v) is 17.9. The molecule has 0 aromatic heterocycles. The summed E-state index contributed by atoms with van der Waals surface area (Å²) in [5.41, 5.74) is -6.34. The Balaban J connectivity index is 7.49. The summed E-state index contributed by atoms with van der Waals surface area (Å²) < 4.78 is 19.6. The van der Waals surface area contributed by atoms with Crippen molar-refractivity contribution in [1.82, 2.24) is 10.6 Å². The van der Waals surface area contributed by atoms with Crippen LogP contribution in [0.25, 0.3) is 0 Å². The number of rotatable bonds is 11. The van der Waals surface area contributed by atoms with Gasteiger partial charge in [-0.3, -0.25) is 9.59 Å². The van der Waals surface area contributed by atoms with Crippen molar-refractivity contribution in [1.29, 1.82) is 0 Å². The minimum atomic E-state index is -3.17. The molecule has 2 amide bonds. The first kappa shape index (κ1) is 26.8. The molecule has 0 bridgehead atoms. The van der Waals surface area contributed by atoms with Gasteiger partial charge >= 0.3 is 23.9 Å². The van der Waals surface area contributed by atoms with Crippen molar-refractivity contribution in [3.63, 3.8) is 0 Å². The molecule has 0 rings (SSSR count). The molecule has 0 atom stereocenters. The van der Waals surface area contributed by atoms with Gasteiger partial charge in [0, 0.05) is 13.8 Å². The average molecular weight is 432 g/mol. The second-order valence-corrected chi connectivity index (χ2v) is 5.74. The van der Waals surface area contributed by atoms with Gasteiger partial charge in [0.25, 0.3) is 11.1 Å². The minimum Gasteiger partial charge on any atom is -0.464 e. The SMILES string of the molecule is CCOC(=O)C(NC(C)=O)(C(=O)OCC)C(NC(C)=O)(C(=O)OCC)C(=O)OCC. The number of nitrogens with one attached hydrogen (secondary N) is 2. The number of carbonyl (C=O) groups excluding carboxylic acids is 6. The molecule has 0 aliphatic heterocycles. The number of ether oxygens (including phenoxy) is 4. The van der Waals surface area contributed by atoms with E-state index in [0.717, 1.165) is 13.8 Å². The van der Waals surface area contributed by atoms with E-state index in [9.17, 15) is 28.8 Å². The second-order valence-electron chi connectivity index (χ2n) is 5.74. The second kappa shape index (κ2) is 11.7. The van der Waals surface area contributed by atoms with Gasteiger partial charge in [-0.05, 0) is 27.7 Å². The maximum Gasteiger partial charge on any atom is 0.347 e. The highest BCUT2D eigenvalue weighted by Crippen LogP contribution is 2.31. The van der Waals surface area contributed by atoms with Crippen LogP contribution in [0.3, 0.4) is 0 Å². The maximum atomic E-state index is 13.1. The van der Waals surface area contributed by atoms with Gasteiger partial charge in [-0.2, -0.15) is 0 Å². The Hall–Kier alpha value is -3.18. The normalized spacial score (nSPS) is 11.0. The molecule has 12 heteroatoms. The van der Waals surface area contributed by atoms with E-state index in [1.54, 1.807) is 0 Å². The molecule has 0 saturated carbocycles. The number of hydrogen-bond acceptors (Lipinski definition) is 10. The van der Waals surface area contributed by atoms with Crippen LogP contribution in [0.1, 0.15) is 41.5 Å². The van der Waals surface area contributed by atoms with E-state index in [0.29, 0.717) is 0 Å². The first-order chi connectivity index (χ1) is 14.0. The summed E-state index contributed by atoms with van der Waals surface area (Å²) in [4.78, 5) is 76.3. The summed E-state index contributed by atoms with van der Waals surface area (Å²) in [6, 6.07) is 0. The average Bonchev–Trinajstić information content (AvgIpc) is 2.64. The molecular formula is C18H28N2O10. The van der Waals surface area contributed by atoms with Crippen LogP contribution in [0.2, 0.25) is 0 Å². The Morgan fingerprint density at radius 3 is 0.867 bits per heavy atom. The zero-order chi connectivity index (χ0) is 23.5. The van der Waals surface area contributed by atoms with E-state index >= 15 is 0 Å². The third-order valence-corrected chi connectivity index (χ3v) is 3.62. The van der Waals surface area contributed by atoms with Crippen molar-refractivity contribution in [2.75, 3.05) is 26.4 Å². The van der Waals surface area contributed by atoms with E-state index in [1.165, 1.54) is 27.7 Å². The fourth-order valence-electron chi connectivity index (χ4n) is 2.66. The van der Waals surface area contributed by atoms with Crippen LogP contribution in [-0.4, -0.2) is 73.2 Å². The third-order valence-electron chi connectivity index (χ3n) is 3.62. The van der Waals surface area contributed by atoms with Gasteiger partial charge in [-0.15, -0.1) is 0 Å². The van der Waals surface area contributed by atoms with Crippen molar-refractivity contribution < 1.29 is 47.7 Å². The molecule has 0 aliphatic carbocycles. The van der Waals surface area contributed by atoms with Gasteiger partial charge in [0.05, 0.1) is 26.4 Å². The summed E-state index contributed by atoms with van der Waals surface area (Å²) in [5, 5.41) is 3.97. The lowest BCUT2D eigenvalue weighted by atomic mass is 9.75. The molecular weight excluding hydrogens is 404 g/mol. The number of esters is 4. The smallest absolute Gasteiger partial charge is 0.347 e. The molecule has 0 saturated heterocycles. The van der Waals surface area contributed by atoms with Crippen LogP contribution in [0.4, 0.5) is 0 Å². The highest BCUT2D eigenvalue weighted by molar-refractivity contribution is 6.23. The van der Waals surface area contributed by atoms with Crippen LogP contribution in [0, 0.1) is 0 Å². The molecule has 0 aromatic carbocycles. The van der Waals surface area contributed by atoms with Crippen molar-refractivity contribution >= 4 is 35.7 Å². The van der Waals surface area contributed by atoms with Gasteiger partial charge in [0.15, 0.2) is 0 Å². The van der Waals surface area contributed by atoms with Crippen LogP contribution in [0.5, 0.6) is 0 Å². The monoisotopic (exact) mass is 432 g/mol. The first-order valence-corrected chi connectivity index (χ1v) is 9.27. The highest BCUT2D eigenvalue weighted by atomic mass is 16.6.